The lowest BCUT2D eigenvalue weighted by atomic mass is 9.93. The minimum atomic E-state index is -0.633. The molecule has 0 aliphatic heterocycles. The second-order valence-corrected chi connectivity index (χ2v) is 4.58. The number of nitrogens with one attached hydrogen (secondary N) is 1. The number of allylic oxidation sites excluding steroid dienone is 2. The molecule has 0 spiro atoms. The van der Waals surface area contributed by atoms with Crippen LogP contribution in [0, 0.1) is 5.92 Å². The predicted molar refractivity (Wildman–Crippen MR) is 71.5 cm³/mol. The Bertz CT molecular complexity index is 519. The predicted octanol–water partition coefficient (Wildman–Crippen LogP) is 1.30. The zero-order valence-corrected chi connectivity index (χ0v) is 10.9. The lowest BCUT2D eigenvalue weighted by Crippen LogP contribution is -2.25. The number of amides is 2. The first-order valence-corrected chi connectivity index (χ1v) is 6.45. The number of hydrogen-bond donors (Lipinski definition) is 2. The summed E-state index contributed by atoms with van der Waals surface area (Å²) in [5.74, 6) is -0.760. The molecule has 0 bridgehead atoms. The third kappa shape index (κ3) is 3.01. The summed E-state index contributed by atoms with van der Waals surface area (Å²) in [5, 5.41) is 6.80. The van der Waals surface area contributed by atoms with Gasteiger partial charge >= 0.3 is 0 Å². The number of primary amides is 1. The molecule has 2 rings (SSSR count). The number of aromatic nitrogens is 2. The molecule has 2 amide bonds. The van der Waals surface area contributed by atoms with Crippen LogP contribution in [-0.2, 0) is 11.3 Å². The van der Waals surface area contributed by atoms with E-state index >= 15 is 0 Å². The Labute approximate surface area is 111 Å². The Morgan fingerprint density at radius 1 is 1.53 bits per heavy atom. The number of nitrogens with zero attached hydrogens (tertiary/aromatic N) is 2. The maximum atomic E-state index is 12.1. The van der Waals surface area contributed by atoms with Crippen LogP contribution in [0.2, 0.25) is 0 Å². The van der Waals surface area contributed by atoms with Crippen LogP contribution in [0.1, 0.15) is 36.7 Å². The van der Waals surface area contributed by atoms with Crippen LogP contribution < -0.4 is 11.1 Å². The van der Waals surface area contributed by atoms with Crippen molar-refractivity contribution in [2.75, 3.05) is 5.32 Å². The highest BCUT2D eigenvalue weighted by molar-refractivity contribution is 6.02. The topological polar surface area (TPSA) is 90.0 Å². The fourth-order valence-electron chi connectivity index (χ4n) is 2.12. The number of rotatable bonds is 4. The lowest BCUT2D eigenvalue weighted by Gasteiger charge is -2.16. The second kappa shape index (κ2) is 5.69. The van der Waals surface area contributed by atoms with Crippen molar-refractivity contribution in [1.29, 1.82) is 0 Å². The lowest BCUT2D eigenvalue weighted by molar-refractivity contribution is -0.120. The van der Waals surface area contributed by atoms with E-state index in [0.717, 1.165) is 19.3 Å². The van der Waals surface area contributed by atoms with Crippen molar-refractivity contribution >= 4 is 17.5 Å². The molecule has 6 nitrogen and oxygen atoms in total. The van der Waals surface area contributed by atoms with Crippen molar-refractivity contribution in [3.63, 3.8) is 0 Å². The number of anilines is 1. The number of carbonyl (C=O) groups excluding carboxylic acids is 2. The van der Waals surface area contributed by atoms with Crippen LogP contribution in [0.3, 0.4) is 0 Å². The molecule has 0 radical (unpaired) electrons. The zero-order valence-electron chi connectivity index (χ0n) is 10.9. The SMILES string of the molecule is CCn1cc(NC(=O)C2CC=CCC2)c(C(N)=O)n1. The molecule has 0 saturated heterocycles. The van der Waals surface area contributed by atoms with E-state index in [1.807, 2.05) is 13.0 Å². The van der Waals surface area contributed by atoms with Crippen molar-refractivity contribution in [2.24, 2.45) is 11.7 Å². The van der Waals surface area contributed by atoms with Crippen molar-refractivity contribution in [2.45, 2.75) is 32.7 Å². The van der Waals surface area contributed by atoms with Gasteiger partial charge in [0.15, 0.2) is 5.69 Å². The summed E-state index contributed by atoms with van der Waals surface area (Å²) in [6.45, 7) is 2.51. The summed E-state index contributed by atoms with van der Waals surface area (Å²) in [4.78, 5) is 23.4. The summed E-state index contributed by atoms with van der Waals surface area (Å²) in [5.41, 5.74) is 5.77. The molecule has 1 aliphatic rings. The van der Waals surface area contributed by atoms with Crippen LogP contribution in [0.4, 0.5) is 5.69 Å². The fraction of sp³-hybridized carbons (Fsp3) is 0.462. The molecule has 1 aliphatic carbocycles. The van der Waals surface area contributed by atoms with Crippen LogP contribution in [0.15, 0.2) is 18.3 Å². The van der Waals surface area contributed by atoms with Crippen LogP contribution >= 0.6 is 0 Å². The molecule has 19 heavy (non-hydrogen) atoms. The minimum absolute atomic E-state index is 0.0456. The maximum Gasteiger partial charge on any atom is 0.271 e. The molecule has 1 aromatic heterocycles. The van der Waals surface area contributed by atoms with Gasteiger partial charge in [0.05, 0.1) is 5.69 Å². The standard InChI is InChI=1S/C13H18N4O2/c1-2-17-8-10(11(16-17)12(14)18)15-13(19)9-6-4-3-5-7-9/h3-4,8-9H,2,5-7H2,1H3,(H2,14,18)(H,15,19). The molecule has 1 aromatic rings. The quantitative estimate of drug-likeness (QED) is 0.801. The highest BCUT2D eigenvalue weighted by atomic mass is 16.2. The monoisotopic (exact) mass is 262 g/mol. The largest absolute Gasteiger partial charge is 0.364 e. The summed E-state index contributed by atoms with van der Waals surface area (Å²) >= 11 is 0. The third-order valence-electron chi connectivity index (χ3n) is 3.22. The van der Waals surface area contributed by atoms with Gasteiger partial charge in [0.2, 0.25) is 5.91 Å². The number of aryl methyl sites for hydroxylation is 1. The molecular weight excluding hydrogens is 244 g/mol. The normalized spacial score (nSPS) is 18.3. The van der Waals surface area contributed by atoms with E-state index in [0.29, 0.717) is 12.2 Å². The van der Waals surface area contributed by atoms with Crippen molar-refractivity contribution in [1.82, 2.24) is 9.78 Å². The van der Waals surface area contributed by atoms with Crippen molar-refractivity contribution < 1.29 is 9.59 Å². The molecule has 1 heterocycles. The molecule has 0 saturated carbocycles. The zero-order chi connectivity index (χ0) is 13.8. The number of nitrogens with two attached hydrogens (primary N) is 1. The molecule has 0 aromatic carbocycles. The molecular formula is C13H18N4O2. The first kappa shape index (κ1) is 13.3. The van der Waals surface area contributed by atoms with Gasteiger partial charge in [-0.05, 0) is 26.2 Å². The maximum absolute atomic E-state index is 12.1. The Balaban J connectivity index is 2.13. The summed E-state index contributed by atoms with van der Waals surface area (Å²) in [6.07, 6.45) is 8.20. The molecule has 6 heteroatoms. The van der Waals surface area contributed by atoms with E-state index in [-0.39, 0.29) is 17.5 Å². The Kier molecular flexibility index (Phi) is 3.99. The first-order chi connectivity index (χ1) is 9.11. The van der Waals surface area contributed by atoms with Gasteiger partial charge in [0.1, 0.15) is 0 Å². The Morgan fingerprint density at radius 3 is 2.89 bits per heavy atom. The third-order valence-corrected chi connectivity index (χ3v) is 3.22. The van der Waals surface area contributed by atoms with Gasteiger partial charge in [-0.2, -0.15) is 5.10 Å². The molecule has 3 N–H and O–H groups in total. The molecule has 102 valence electrons. The average molecular weight is 262 g/mol. The second-order valence-electron chi connectivity index (χ2n) is 4.58. The van der Waals surface area contributed by atoms with E-state index in [1.165, 1.54) is 0 Å². The van der Waals surface area contributed by atoms with Crippen LogP contribution in [0.5, 0.6) is 0 Å². The fourth-order valence-corrected chi connectivity index (χ4v) is 2.12. The van der Waals surface area contributed by atoms with Crippen LogP contribution in [0.25, 0.3) is 0 Å². The number of carbonyl (C=O) groups is 2. The smallest absolute Gasteiger partial charge is 0.271 e. The Morgan fingerprint density at radius 2 is 2.32 bits per heavy atom. The molecule has 1 unspecified atom stereocenters. The van der Waals surface area contributed by atoms with Gasteiger partial charge in [-0.25, -0.2) is 0 Å². The highest BCUT2D eigenvalue weighted by Crippen LogP contribution is 2.21. The van der Waals surface area contributed by atoms with Gasteiger partial charge in [0, 0.05) is 18.7 Å². The van der Waals surface area contributed by atoms with E-state index in [9.17, 15) is 9.59 Å². The molecule has 1 atom stereocenters. The van der Waals surface area contributed by atoms with E-state index in [1.54, 1.807) is 10.9 Å². The van der Waals surface area contributed by atoms with Crippen molar-refractivity contribution in [3.8, 4) is 0 Å². The summed E-state index contributed by atoms with van der Waals surface area (Å²) in [7, 11) is 0. The van der Waals surface area contributed by atoms with Gasteiger partial charge in [-0.3, -0.25) is 14.3 Å². The number of hydrogen-bond acceptors (Lipinski definition) is 3. The van der Waals surface area contributed by atoms with Crippen LogP contribution in [-0.4, -0.2) is 21.6 Å². The first-order valence-electron chi connectivity index (χ1n) is 6.45. The van der Waals surface area contributed by atoms with Gasteiger partial charge in [-0.1, -0.05) is 12.2 Å². The average Bonchev–Trinajstić information content (AvgIpc) is 2.83. The van der Waals surface area contributed by atoms with Crippen molar-refractivity contribution in [3.05, 3.63) is 24.0 Å². The Hall–Kier alpha value is -2.11. The van der Waals surface area contributed by atoms with E-state index in [4.69, 9.17) is 5.73 Å². The van der Waals surface area contributed by atoms with Gasteiger partial charge in [0.25, 0.3) is 5.91 Å². The van der Waals surface area contributed by atoms with Gasteiger partial charge < -0.3 is 11.1 Å². The molecule has 0 fully saturated rings. The highest BCUT2D eigenvalue weighted by Gasteiger charge is 2.22. The minimum Gasteiger partial charge on any atom is -0.364 e. The summed E-state index contributed by atoms with van der Waals surface area (Å²) < 4.78 is 1.58. The van der Waals surface area contributed by atoms with E-state index in [2.05, 4.69) is 16.5 Å². The van der Waals surface area contributed by atoms with E-state index < -0.39 is 5.91 Å². The summed E-state index contributed by atoms with van der Waals surface area (Å²) in [6, 6.07) is 0. The van der Waals surface area contributed by atoms with Gasteiger partial charge in [-0.15, -0.1) is 0 Å².